The number of amides is 2. The Kier molecular flexibility index (Phi) is 5.12. The van der Waals surface area contributed by atoms with E-state index < -0.39 is 34.6 Å². The second-order valence-electron chi connectivity index (χ2n) is 7.90. The van der Waals surface area contributed by atoms with E-state index in [2.05, 4.69) is 5.32 Å². The Morgan fingerprint density at radius 1 is 1.23 bits per heavy atom. The maximum Gasteiger partial charge on any atom is 0.275 e. The molecule has 2 aliphatic heterocycles. The standard InChI is InChI=1S/C22H21F2N3O4/c1-11-3-4-12(2)26-10-17(11)27-9-15(19(28)20(29)18(27)22(26)31)21(30)25-8-13-5-6-14(23)7-16(13)24/h3-7,9,11-12,17,29H,8,10H2,1-2H3,(H,25,30). The molecule has 0 radical (unpaired) electrons. The van der Waals surface area contributed by atoms with Crippen molar-refractivity contribution in [3.63, 3.8) is 0 Å². The first-order chi connectivity index (χ1) is 14.7. The van der Waals surface area contributed by atoms with Gasteiger partial charge in [-0.15, -0.1) is 0 Å². The number of hydrogen-bond donors (Lipinski definition) is 2. The largest absolute Gasteiger partial charge is 0.503 e. The Bertz CT molecular complexity index is 1170. The fourth-order valence-electron chi connectivity index (χ4n) is 4.04. The highest BCUT2D eigenvalue weighted by Gasteiger charge is 2.39. The van der Waals surface area contributed by atoms with Crippen LogP contribution in [0, 0.1) is 17.6 Å². The van der Waals surface area contributed by atoms with Crippen LogP contribution in [-0.2, 0) is 6.54 Å². The smallest absolute Gasteiger partial charge is 0.275 e. The van der Waals surface area contributed by atoms with Crippen LogP contribution in [0.3, 0.4) is 0 Å². The van der Waals surface area contributed by atoms with Crippen LogP contribution in [0.5, 0.6) is 5.75 Å². The van der Waals surface area contributed by atoms with Crippen LogP contribution in [0.15, 0.2) is 41.3 Å². The number of aromatic hydroxyl groups is 1. The number of rotatable bonds is 3. The number of nitrogens with one attached hydrogen (secondary N) is 1. The number of pyridine rings is 1. The van der Waals surface area contributed by atoms with Gasteiger partial charge < -0.3 is 19.9 Å². The van der Waals surface area contributed by atoms with Crippen LogP contribution in [0.25, 0.3) is 0 Å². The van der Waals surface area contributed by atoms with E-state index in [1.165, 1.54) is 16.8 Å². The number of carbonyl (C=O) groups excluding carboxylic acids is 2. The number of carbonyl (C=O) groups is 2. The zero-order valence-corrected chi connectivity index (χ0v) is 16.9. The van der Waals surface area contributed by atoms with Crippen LogP contribution in [0.2, 0.25) is 0 Å². The quantitative estimate of drug-likeness (QED) is 0.733. The van der Waals surface area contributed by atoms with Gasteiger partial charge in [0.1, 0.15) is 17.2 Å². The van der Waals surface area contributed by atoms with Gasteiger partial charge in [-0.05, 0) is 18.9 Å². The summed E-state index contributed by atoms with van der Waals surface area (Å²) >= 11 is 0. The van der Waals surface area contributed by atoms with Gasteiger partial charge in [-0.2, -0.15) is 0 Å². The van der Waals surface area contributed by atoms with Gasteiger partial charge in [0.05, 0.1) is 6.04 Å². The van der Waals surface area contributed by atoms with Crippen molar-refractivity contribution in [1.29, 1.82) is 0 Å². The van der Waals surface area contributed by atoms with Crippen LogP contribution < -0.4 is 10.7 Å². The van der Waals surface area contributed by atoms with Crippen molar-refractivity contribution in [3.05, 3.63) is 75.2 Å². The predicted octanol–water partition coefficient (Wildman–Crippen LogP) is 2.35. The first-order valence-corrected chi connectivity index (χ1v) is 9.88. The van der Waals surface area contributed by atoms with E-state index in [4.69, 9.17) is 0 Å². The molecule has 0 aliphatic carbocycles. The number of hydrogen-bond acceptors (Lipinski definition) is 4. The molecule has 7 nitrogen and oxygen atoms in total. The summed E-state index contributed by atoms with van der Waals surface area (Å²) in [4.78, 5) is 39.9. The lowest BCUT2D eigenvalue weighted by Crippen LogP contribution is -2.48. The predicted molar refractivity (Wildman–Crippen MR) is 108 cm³/mol. The van der Waals surface area contributed by atoms with Gasteiger partial charge in [-0.3, -0.25) is 14.4 Å². The summed E-state index contributed by atoms with van der Waals surface area (Å²) in [5, 5.41) is 13.0. The Morgan fingerprint density at radius 2 is 1.97 bits per heavy atom. The maximum atomic E-state index is 13.8. The summed E-state index contributed by atoms with van der Waals surface area (Å²) in [6.07, 6.45) is 5.13. The summed E-state index contributed by atoms with van der Waals surface area (Å²) < 4.78 is 28.4. The number of allylic oxidation sites excluding steroid dienone is 1. The van der Waals surface area contributed by atoms with Crippen molar-refractivity contribution in [2.45, 2.75) is 32.5 Å². The highest BCUT2D eigenvalue weighted by atomic mass is 19.1. The molecule has 2 aliphatic rings. The van der Waals surface area contributed by atoms with E-state index >= 15 is 0 Å². The first-order valence-electron chi connectivity index (χ1n) is 9.88. The van der Waals surface area contributed by atoms with Crippen molar-refractivity contribution < 1.29 is 23.5 Å². The van der Waals surface area contributed by atoms with Crippen LogP contribution in [0.4, 0.5) is 8.78 Å². The molecule has 1 aromatic carbocycles. The molecule has 4 rings (SSSR count). The third-order valence-electron chi connectivity index (χ3n) is 5.91. The summed E-state index contributed by atoms with van der Waals surface area (Å²) in [6, 6.07) is 2.47. The lowest BCUT2D eigenvalue weighted by Gasteiger charge is -2.38. The Hall–Kier alpha value is -3.49. The average molecular weight is 429 g/mol. The van der Waals surface area contributed by atoms with Gasteiger partial charge in [-0.25, -0.2) is 8.78 Å². The Labute approximate surface area is 176 Å². The number of fused-ring (bicyclic) bond motifs is 4. The molecule has 3 heterocycles. The monoisotopic (exact) mass is 429 g/mol. The third kappa shape index (κ3) is 3.49. The minimum absolute atomic E-state index is 0.0228. The molecule has 2 N–H and O–H groups in total. The average Bonchev–Trinajstić information content (AvgIpc) is 2.85. The van der Waals surface area contributed by atoms with Crippen molar-refractivity contribution in [2.24, 2.45) is 5.92 Å². The molecule has 0 spiro atoms. The van der Waals surface area contributed by atoms with Gasteiger partial charge in [0.15, 0.2) is 11.4 Å². The summed E-state index contributed by atoms with van der Waals surface area (Å²) in [7, 11) is 0. The first kappa shape index (κ1) is 20.8. The van der Waals surface area contributed by atoms with Crippen LogP contribution >= 0.6 is 0 Å². The minimum atomic E-state index is -0.982. The van der Waals surface area contributed by atoms with E-state index in [9.17, 15) is 28.3 Å². The highest BCUT2D eigenvalue weighted by Crippen LogP contribution is 2.34. The summed E-state index contributed by atoms with van der Waals surface area (Å²) in [5.41, 5.74) is -1.45. The molecule has 0 saturated carbocycles. The van der Waals surface area contributed by atoms with Gasteiger partial charge >= 0.3 is 0 Å². The van der Waals surface area contributed by atoms with Crippen LogP contribution in [0.1, 0.15) is 46.3 Å². The van der Waals surface area contributed by atoms with Crippen molar-refractivity contribution in [3.8, 4) is 5.75 Å². The van der Waals surface area contributed by atoms with E-state index in [0.717, 1.165) is 6.07 Å². The zero-order chi connectivity index (χ0) is 22.4. The second-order valence-corrected chi connectivity index (χ2v) is 7.90. The normalized spacial score (nSPS) is 22.1. The molecule has 9 heteroatoms. The van der Waals surface area contributed by atoms with Gasteiger partial charge in [0.25, 0.3) is 11.8 Å². The fourth-order valence-corrected chi connectivity index (χ4v) is 4.04. The van der Waals surface area contributed by atoms with Crippen molar-refractivity contribution in [1.82, 2.24) is 14.8 Å². The number of halogens is 2. The summed E-state index contributed by atoms with van der Waals surface area (Å²) in [5.74, 6) is -3.71. The lowest BCUT2D eigenvalue weighted by atomic mass is 9.98. The molecule has 2 amide bonds. The topological polar surface area (TPSA) is 91.6 Å². The Balaban J connectivity index is 1.70. The Morgan fingerprint density at radius 3 is 2.68 bits per heavy atom. The second kappa shape index (κ2) is 7.64. The van der Waals surface area contributed by atoms with E-state index in [1.54, 1.807) is 4.90 Å². The molecule has 2 bridgehead atoms. The van der Waals surface area contributed by atoms with E-state index in [0.29, 0.717) is 12.6 Å². The zero-order valence-electron chi connectivity index (χ0n) is 16.9. The minimum Gasteiger partial charge on any atom is -0.503 e. The molecule has 162 valence electrons. The fraction of sp³-hybridized carbons (Fsp3) is 0.318. The molecule has 3 unspecified atom stereocenters. The highest BCUT2D eigenvalue weighted by molar-refractivity contribution is 5.99. The number of aromatic nitrogens is 1. The van der Waals surface area contributed by atoms with Gasteiger partial charge in [0, 0.05) is 37.0 Å². The summed E-state index contributed by atoms with van der Waals surface area (Å²) in [6.45, 7) is 3.89. The molecule has 2 aromatic rings. The molecular formula is C22H21F2N3O4. The van der Waals surface area contributed by atoms with E-state index in [1.807, 2.05) is 26.0 Å². The lowest BCUT2D eigenvalue weighted by molar-refractivity contribution is 0.0612. The number of nitrogens with zero attached hydrogens (tertiary/aromatic N) is 2. The molecule has 1 aromatic heterocycles. The molecule has 3 atom stereocenters. The van der Waals surface area contributed by atoms with Crippen molar-refractivity contribution in [2.75, 3.05) is 6.54 Å². The maximum absolute atomic E-state index is 13.8. The molecular weight excluding hydrogens is 408 g/mol. The molecule has 0 fully saturated rings. The van der Waals surface area contributed by atoms with Gasteiger partial charge in [-0.1, -0.05) is 25.1 Å². The van der Waals surface area contributed by atoms with Gasteiger partial charge in [0.2, 0.25) is 5.43 Å². The van der Waals surface area contributed by atoms with Crippen molar-refractivity contribution >= 4 is 11.8 Å². The molecule has 31 heavy (non-hydrogen) atoms. The SMILES string of the molecule is CC1C=CC(C)N2CC1n1cc(C(=O)NCc3ccc(F)cc3F)c(=O)c(O)c1C2=O. The third-order valence-corrected chi connectivity index (χ3v) is 5.91. The van der Waals surface area contributed by atoms with E-state index in [-0.39, 0.29) is 41.4 Å². The van der Waals surface area contributed by atoms with Crippen LogP contribution in [-0.4, -0.2) is 39.0 Å². The molecule has 0 saturated heterocycles. The number of benzene rings is 1.